The monoisotopic (exact) mass is 978 g/mol. The highest BCUT2D eigenvalue weighted by Gasteiger charge is 2.32. The molecular weight excluding hydrogens is 921 g/mol. The fraction of sp³-hybridized carbons (Fsp3) is 0.477. The molecule has 2 aromatic carbocycles. The summed E-state index contributed by atoms with van der Waals surface area (Å²) in [5.74, 6) is -2.59. The molecular formula is C44H58N4O15S3. The number of fused-ring (bicyclic) bond motifs is 3. The van der Waals surface area contributed by atoms with Gasteiger partial charge in [-0.05, 0) is 65.1 Å². The SMILES string of the molecule is O=C(CCCCCCCCCCCCCCCSc1cc(O)n(CCC(=O)Nc2ccc3c(c2)C(COC(=O)On2c(O)ccc2O)c2cc(S(=O)(=O)O)ccc2-3)c1O)NCCS(=O)(=O)O. The third kappa shape index (κ3) is 15.6. The number of unbranched alkanes of at least 4 members (excludes halogenated alkanes) is 12. The standard InChI is InChI=1S/C44H58N4O15S3/c49-38(45-22-25-65(56,57)58)14-12-10-8-6-4-2-1-3-5-7-9-11-13-24-64-37-28-42(53)47(43(37)54)23-21-39(50)46-30-15-17-32-33-18-16-31(66(59,60)61)27-35(33)36(34(32)26-30)29-62-44(55)63-48-40(51)19-20-41(48)52/h15-20,26-28,36,51-54H,1-14,21-25,29H2,(H,45,49)(H,46,50)(H,56,57,58)(H,59,60,61). The molecule has 1 unspecified atom stereocenters. The van der Waals surface area contributed by atoms with Crippen molar-refractivity contribution in [2.45, 2.75) is 119 Å². The van der Waals surface area contributed by atoms with Crippen LogP contribution in [0.15, 0.2) is 64.4 Å². The van der Waals surface area contributed by atoms with E-state index >= 15 is 0 Å². The van der Waals surface area contributed by atoms with Crippen LogP contribution in [0.2, 0.25) is 0 Å². The summed E-state index contributed by atoms with van der Waals surface area (Å²) in [4.78, 5) is 42.4. The number of amides is 2. The second-order valence-electron chi connectivity index (χ2n) is 16.0. The second-order valence-corrected chi connectivity index (χ2v) is 20.2. The molecule has 0 aliphatic heterocycles. The van der Waals surface area contributed by atoms with Crippen molar-refractivity contribution in [3.8, 4) is 34.6 Å². The Kier molecular flexibility index (Phi) is 19.0. The van der Waals surface area contributed by atoms with E-state index in [1.807, 2.05) is 0 Å². The van der Waals surface area contributed by atoms with Gasteiger partial charge in [-0.2, -0.15) is 16.8 Å². The van der Waals surface area contributed by atoms with Crippen LogP contribution >= 0.6 is 11.8 Å². The summed E-state index contributed by atoms with van der Waals surface area (Å²) in [6.07, 6.45) is 13.0. The summed E-state index contributed by atoms with van der Waals surface area (Å²) >= 11 is 1.43. The van der Waals surface area contributed by atoms with Gasteiger partial charge >= 0.3 is 6.16 Å². The number of hydrogen-bond donors (Lipinski definition) is 8. The van der Waals surface area contributed by atoms with Crippen LogP contribution in [-0.2, 0) is 41.1 Å². The zero-order chi connectivity index (χ0) is 47.9. The van der Waals surface area contributed by atoms with Crippen molar-refractivity contribution in [3.05, 3.63) is 65.7 Å². The Balaban J connectivity index is 0.986. The highest BCUT2D eigenvalue weighted by molar-refractivity contribution is 7.99. The van der Waals surface area contributed by atoms with E-state index in [1.165, 1.54) is 66.3 Å². The molecule has 19 nitrogen and oxygen atoms in total. The number of benzene rings is 2. The van der Waals surface area contributed by atoms with E-state index < -0.39 is 62.3 Å². The minimum atomic E-state index is -4.59. The molecule has 8 N–H and O–H groups in total. The largest absolute Gasteiger partial charge is 0.534 e. The third-order valence-corrected chi connectivity index (χ3v) is 13.8. The third-order valence-electron chi connectivity index (χ3n) is 11.1. The molecule has 0 saturated carbocycles. The first-order valence-electron chi connectivity index (χ1n) is 21.9. The normalized spacial score (nSPS) is 13.3. The summed E-state index contributed by atoms with van der Waals surface area (Å²) in [5, 5.41) is 46.3. The number of anilines is 1. The van der Waals surface area contributed by atoms with Gasteiger partial charge in [-0.15, -0.1) is 16.5 Å². The molecule has 66 heavy (non-hydrogen) atoms. The molecule has 0 fully saturated rings. The van der Waals surface area contributed by atoms with Crippen LogP contribution in [0.4, 0.5) is 10.5 Å². The van der Waals surface area contributed by atoms with Crippen LogP contribution in [0.1, 0.15) is 113 Å². The molecule has 0 saturated heterocycles. The number of nitrogens with zero attached hydrogens (tertiary/aromatic N) is 2. The summed E-state index contributed by atoms with van der Waals surface area (Å²) < 4.78 is 70.8. The number of nitrogens with one attached hydrogen (secondary N) is 2. The number of carbonyl (C=O) groups is 3. The highest BCUT2D eigenvalue weighted by atomic mass is 32.2. The number of rotatable bonds is 28. The molecule has 1 aliphatic rings. The van der Waals surface area contributed by atoms with Crippen molar-refractivity contribution >= 4 is 55.7 Å². The number of hydrogen-bond acceptors (Lipinski definition) is 14. The van der Waals surface area contributed by atoms with E-state index in [9.17, 15) is 56.2 Å². The molecule has 4 aromatic rings. The van der Waals surface area contributed by atoms with E-state index in [0.29, 0.717) is 44.0 Å². The van der Waals surface area contributed by atoms with Crippen LogP contribution in [-0.4, -0.2) is 98.3 Å². The van der Waals surface area contributed by atoms with Crippen molar-refractivity contribution < 1.29 is 70.3 Å². The average Bonchev–Trinajstić information content (AvgIpc) is 3.84. The van der Waals surface area contributed by atoms with E-state index in [4.69, 9.17) is 14.1 Å². The zero-order valence-corrected chi connectivity index (χ0v) is 38.8. The van der Waals surface area contributed by atoms with Gasteiger partial charge in [0.15, 0.2) is 5.88 Å². The molecule has 1 aliphatic carbocycles. The summed E-state index contributed by atoms with van der Waals surface area (Å²) in [6, 6.07) is 12.6. The Bertz CT molecular complexity index is 2500. The Morgan fingerprint density at radius 2 is 1.24 bits per heavy atom. The Labute approximate surface area is 388 Å². The first kappa shape index (κ1) is 51.6. The van der Waals surface area contributed by atoms with Gasteiger partial charge in [0.2, 0.25) is 29.5 Å². The van der Waals surface area contributed by atoms with Crippen LogP contribution in [0.5, 0.6) is 23.5 Å². The van der Waals surface area contributed by atoms with Gasteiger partial charge in [0, 0.05) is 55.7 Å². The van der Waals surface area contributed by atoms with Gasteiger partial charge in [-0.25, -0.2) is 4.79 Å². The minimum absolute atomic E-state index is 0.0180. The van der Waals surface area contributed by atoms with Gasteiger partial charge < -0.3 is 35.8 Å². The van der Waals surface area contributed by atoms with E-state index in [0.717, 1.165) is 75.7 Å². The first-order valence-corrected chi connectivity index (χ1v) is 25.9. The maximum atomic E-state index is 13.1. The number of ether oxygens (including phenoxy) is 1. The zero-order valence-electron chi connectivity index (χ0n) is 36.4. The fourth-order valence-corrected chi connectivity index (χ4v) is 9.56. The Morgan fingerprint density at radius 3 is 1.85 bits per heavy atom. The molecule has 5 rings (SSSR count). The van der Waals surface area contributed by atoms with E-state index in [2.05, 4.69) is 10.6 Å². The quantitative estimate of drug-likeness (QED) is 0.0120. The van der Waals surface area contributed by atoms with Crippen molar-refractivity contribution in [1.82, 2.24) is 14.6 Å². The minimum Gasteiger partial charge on any atom is -0.494 e. The van der Waals surface area contributed by atoms with Crippen molar-refractivity contribution in [2.75, 3.05) is 30.0 Å². The molecule has 1 atom stereocenters. The number of thioether (sulfide) groups is 1. The van der Waals surface area contributed by atoms with Crippen LogP contribution in [0.3, 0.4) is 0 Å². The lowest BCUT2D eigenvalue weighted by Gasteiger charge is -2.16. The van der Waals surface area contributed by atoms with Crippen LogP contribution < -0.4 is 15.5 Å². The maximum absolute atomic E-state index is 13.1. The summed E-state index contributed by atoms with van der Waals surface area (Å²) in [7, 11) is -8.66. The molecule has 2 amide bonds. The lowest BCUT2D eigenvalue weighted by Crippen LogP contribution is -2.28. The molecule has 22 heteroatoms. The number of aromatic hydroxyl groups is 4. The Morgan fingerprint density at radius 1 is 0.667 bits per heavy atom. The lowest BCUT2D eigenvalue weighted by atomic mass is 9.97. The van der Waals surface area contributed by atoms with Crippen LogP contribution in [0.25, 0.3) is 11.1 Å². The second kappa shape index (κ2) is 24.4. The van der Waals surface area contributed by atoms with Crippen molar-refractivity contribution in [1.29, 1.82) is 0 Å². The van der Waals surface area contributed by atoms with Gasteiger partial charge in [0.25, 0.3) is 20.2 Å². The molecule has 362 valence electrons. The van der Waals surface area contributed by atoms with E-state index in [-0.39, 0.29) is 42.1 Å². The topological polar surface area (TPSA) is 293 Å². The lowest BCUT2D eigenvalue weighted by molar-refractivity contribution is -0.121. The predicted octanol–water partition coefficient (Wildman–Crippen LogP) is 7.32. The van der Waals surface area contributed by atoms with Gasteiger partial charge in [-0.1, -0.05) is 82.8 Å². The molecule has 2 aromatic heterocycles. The first-order chi connectivity index (χ1) is 31.4. The smallest absolute Gasteiger partial charge is 0.494 e. The fourth-order valence-electron chi connectivity index (χ4n) is 7.69. The van der Waals surface area contributed by atoms with Gasteiger partial charge in [0.1, 0.15) is 6.61 Å². The Hall–Kier alpha value is -5.42. The molecule has 0 bridgehead atoms. The number of aromatic nitrogens is 2. The number of carbonyl (C=O) groups excluding carboxylic acids is 3. The van der Waals surface area contributed by atoms with Gasteiger partial charge in [0.05, 0.1) is 15.5 Å². The highest BCUT2D eigenvalue weighted by Crippen LogP contribution is 2.47. The van der Waals surface area contributed by atoms with E-state index in [1.54, 1.807) is 18.2 Å². The van der Waals surface area contributed by atoms with Crippen molar-refractivity contribution in [3.63, 3.8) is 0 Å². The summed E-state index contributed by atoms with van der Waals surface area (Å²) in [6.45, 7) is -0.494. The van der Waals surface area contributed by atoms with Gasteiger partial charge in [-0.3, -0.25) is 28.1 Å². The molecule has 0 radical (unpaired) electrons. The predicted molar refractivity (Wildman–Crippen MR) is 245 cm³/mol. The maximum Gasteiger partial charge on any atom is 0.534 e. The average molecular weight is 979 g/mol. The molecule has 0 spiro atoms. The van der Waals surface area contributed by atoms with Crippen LogP contribution in [0, 0.1) is 0 Å². The molecule has 2 heterocycles. The summed E-state index contributed by atoms with van der Waals surface area (Å²) in [5.41, 5.74) is 2.55. The van der Waals surface area contributed by atoms with Crippen molar-refractivity contribution in [2.24, 2.45) is 0 Å².